The molecule has 2 rings (SSSR count). The van der Waals surface area contributed by atoms with Crippen molar-refractivity contribution in [1.29, 1.82) is 0 Å². The van der Waals surface area contributed by atoms with Crippen LogP contribution in [0, 0.1) is 5.92 Å². The lowest BCUT2D eigenvalue weighted by Gasteiger charge is -2.04. The minimum absolute atomic E-state index is 0.0381. The molecule has 0 saturated carbocycles. The van der Waals surface area contributed by atoms with Crippen LogP contribution in [0.2, 0.25) is 0 Å². The van der Waals surface area contributed by atoms with Crippen LogP contribution in [-0.4, -0.2) is 12.6 Å². The molecule has 0 N–H and O–H groups in total. The van der Waals surface area contributed by atoms with Crippen LogP contribution < -0.4 is 0 Å². The third kappa shape index (κ3) is 1.89. The molecule has 2 nitrogen and oxygen atoms in total. The number of rotatable bonds is 2. The summed E-state index contributed by atoms with van der Waals surface area (Å²) in [6.45, 7) is 0.594. The van der Waals surface area contributed by atoms with Gasteiger partial charge in [-0.05, 0) is 18.4 Å². The summed E-state index contributed by atoms with van der Waals surface area (Å²) in [7, 11) is 0. The Balaban J connectivity index is 2.02. The first-order valence-electron chi connectivity index (χ1n) is 4.57. The average Bonchev–Trinajstić information content (AvgIpc) is 2.54. The van der Waals surface area contributed by atoms with E-state index < -0.39 is 0 Å². The first-order chi connectivity index (χ1) is 6.36. The smallest absolute Gasteiger partial charge is 0.309 e. The van der Waals surface area contributed by atoms with Gasteiger partial charge in [-0.25, -0.2) is 0 Å². The number of ether oxygens (including phenoxy) is 1. The van der Waals surface area contributed by atoms with Gasteiger partial charge >= 0.3 is 5.97 Å². The number of cyclic esters (lactones) is 1. The zero-order chi connectivity index (χ0) is 9.10. The van der Waals surface area contributed by atoms with Crippen molar-refractivity contribution in [3.63, 3.8) is 0 Å². The molecule has 1 atom stereocenters. The van der Waals surface area contributed by atoms with E-state index in [9.17, 15) is 4.79 Å². The summed E-state index contributed by atoms with van der Waals surface area (Å²) in [5.41, 5.74) is 1.21. The van der Waals surface area contributed by atoms with E-state index >= 15 is 0 Å². The van der Waals surface area contributed by atoms with E-state index in [2.05, 4.69) is 0 Å². The Hall–Kier alpha value is -1.31. The van der Waals surface area contributed by atoms with E-state index in [1.807, 2.05) is 30.3 Å². The number of hydrogen-bond donors (Lipinski definition) is 0. The number of carbonyl (C=O) groups is 1. The zero-order valence-electron chi connectivity index (χ0n) is 7.40. The van der Waals surface area contributed by atoms with Crippen LogP contribution in [0.25, 0.3) is 0 Å². The number of hydrogen-bond acceptors (Lipinski definition) is 2. The molecule has 2 heteroatoms. The van der Waals surface area contributed by atoms with Gasteiger partial charge in [0.05, 0.1) is 12.5 Å². The SMILES string of the molecule is O=C1OCC[C@H]1Cc1ccccc1. The molecule has 0 aliphatic carbocycles. The highest BCUT2D eigenvalue weighted by atomic mass is 16.5. The molecular weight excluding hydrogens is 164 g/mol. The van der Waals surface area contributed by atoms with E-state index in [0.717, 1.165) is 12.8 Å². The highest BCUT2D eigenvalue weighted by Gasteiger charge is 2.26. The van der Waals surface area contributed by atoms with E-state index in [0.29, 0.717) is 6.61 Å². The molecule has 0 bridgehead atoms. The highest BCUT2D eigenvalue weighted by molar-refractivity contribution is 5.74. The Morgan fingerprint density at radius 1 is 1.31 bits per heavy atom. The first kappa shape index (κ1) is 8.30. The van der Waals surface area contributed by atoms with Crippen molar-refractivity contribution in [3.8, 4) is 0 Å². The van der Waals surface area contributed by atoms with Crippen molar-refractivity contribution in [2.45, 2.75) is 12.8 Å². The first-order valence-corrected chi connectivity index (χ1v) is 4.57. The number of carbonyl (C=O) groups excluding carboxylic acids is 1. The highest BCUT2D eigenvalue weighted by Crippen LogP contribution is 2.19. The molecule has 0 unspecified atom stereocenters. The molecule has 0 aromatic heterocycles. The molecule has 0 amide bonds. The molecule has 1 saturated heterocycles. The van der Waals surface area contributed by atoms with Gasteiger partial charge < -0.3 is 4.74 Å². The van der Waals surface area contributed by atoms with Crippen molar-refractivity contribution in [3.05, 3.63) is 35.9 Å². The standard InChI is InChI=1S/C11H12O2/c12-11-10(6-7-13-11)8-9-4-2-1-3-5-9/h1-5,10H,6-8H2/t10-/m0/s1. The van der Waals surface area contributed by atoms with Gasteiger partial charge in [-0.2, -0.15) is 0 Å². The molecule has 1 aromatic rings. The van der Waals surface area contributed by atoms with E-state index in [1.54, 1.807) is 0 Å². The molecule has 1 aliphatic rings. The predicted octanol–water partition coefficient (Wildman–Crippen LogP) is 1.79. The topological polar surface area (TPSA) is 26.3 Å². The van der Waals surface area contributed by atoms with Crippen LogP contribution in [0.4, 0.5) is 0 Å². The quantitative estimate of drug-likeness (QED) is 0.642. The van der Waals surface area contributed by atoms with Gasteiger partial charge in [-0.15, -0.1) is 0 Å². The van der Waals surface area contributed by atoms with Crippen LogP contribution in [0.1, 0.15) is 12.0 Å². The fraction of sp³-hybridized carbons (Fsp3) is 0.364. The van der Waals surface area contributed by atoms with Gasteiger partial charge in [0.1, 0.15) is 0 Å². The van der Waals surface area contributed by atoms with Gasteiger partial charge in [0, 0.05) is 0 Å². The van der Waals surface area contributed by atoms with Crippen LogP contribution in [0.3, 0.4) is 0 Å². The normalized spacial score (nSPS) is 21.5. The minimum Gasteiger partial charge on any atom is -0.465 e. The maximum atomic E-state index is 11.2. The van der Waals surface area contributed by atoms with E-state index in [-0.39, 0.29) is 11.9 Å². The van der Waals surface area contributed by atoms with Crippen molar-refractivity contribution in [1.82, 2.24) is 0 Å². The molecule has 1 fully saturated rings. The molecule has 1 aromatic carbocycles. The second-order valence-electron chi connectivity index (χ2n) is 3.34. The summed E-state index contributed by atoms with van der Waals surface area (Å²) < 4.78 is 4.90. The van der Waals surface area contributed by atoms with Gasteiger partial charge in [0.2, 0.25) is 0 Å². The van der Waals surface area contributed by atoms with Crippen LogP contribution in [-0.2, 0) is 16.0 Å². The molecule has 0 spiro atoms. The lowest BCUT2D eigenvalue weighted by Crippen LogP contribution is -2.10. The van der Waals surface area contributed by atoms with E-state index in [1.165, 1.54) is 5.56 Å². The summed E-state index contributed by atoms with van der Waals surface area (Å²) in [4.78, 5) is 11.2. The van der Waals surface area contributed by atoms with Crippen LogP contribution >= 0.6 is 0 Å². The van der Waals surface area contributed by atoms with E-state index in [4.69, 9.17) is 4.74 Å². The second-order valence-corrected chi connectivity index (χ2v) is 3.34. The molecule has 68 valence electrons. The van der Waals surface area contributed by atoms with Crippen molar-refractivity contribution in [2.75, 3.05) is 6.61 Å². The van der Waals surface area contributed by atoms with Crippen LogP contribution in [0.15, 0.2) is 30.3 Å². The Bertz CT molecular complexity index is 292. The molecule has 1 heterocycles. The summed E-state index contributed by atoms with van der Waals surface area (Å²) in [5, 5.41) is 0. The minimum atomic E-state index is -0.0381. The fourth-order valence-corrected chi connectivity index (χ4v) is 1.62. The second kappa shape index (κ2) is 3.60. The summed E-state index contributed by atoms with van der Waals surface area (Å²) >= 11 is 0. The Kier molecular flexibility index (Phi) is 2.30. The largest absolute Gasteiger partial charge is 0.465 e. The zero-order valence-corrected chi connectivity index (χ0v) is 7.40. The fourth-order valence-electron chi connectivity index (χ4n) is 1.62. The summed E-state index contributed by atoms with van der Waals surface area (Å²) in [6, 6.07) is 10.1. The van der Waals surface area contributed by atoms with Crippen molar-refractivity contribution >= 4 is 5.97 Å². The molecular formula is C11H12O2. The monoisotopic (exact) mass is 176 g/mol. The number of esters is 1. The molecule has 0 radical (unpaired) electrons. The van der Waals surface area contributed by atoms with Gasteiger partial charge in [0.25, 0.3) is 0 Å². The maximum absolute atomic E-state index is 11.2. The Labute approximate surface area is 77.5 Å². The lowest BCUT2D eigenvalue weighted by atomic mass is 9.98. The summed E-state index contributed by atoms with van der Waals surface area (Å²) in [5.74, 6) is 0.0475. The van der Waals surface area contributed by atoms with Gasteiger partial charge in [-0.3, -0.25) is 4.79 Å². The maximum Gasteiger partial charge on any atom is 0.309 e. The van der Waals surface area contributed by atoms with Gasteiger partial charge in [0.15, 0.2) is 0 Å². The third-order valence-corrected chi connectivity index (χ3v) is 2.37. The van der Waals surface area contributed by atoms with Gasteiger partial charge in [-0.1, -0.05) is 30.3 Å². The Morgan fingerprint density at radius 2 is 2.08 bits per heavy atom. The van der Waals surface area contributed by atoms with Crippen molar-refractivity contribution < 1.29 is 9.53 Å². The molecule has 1 aliphatic heterocycles. The number of benzene rings is 1. The lowest BCUT2D eigenvalue weighted by molar-refractivity contribution is -0.141. The van der Waals surface area contributed by atoms with Crippen molar-refractivity contribution in [2.24, 2.45) is 5.92 Å². The average molecular weight is 176 g/mol. The third-order valence-electron chi connectivity index (χ3n) is 2.37. The molecule has 13 heavy (non-hydrogen) atoms. The van der Waals surface area contributed by atoms with Crippen LogP contribution in [0.5, 0.6) is 0 Å². The Morgan fingerprint density at radius 3 is 2.69 bits per heavy atom. The summed E-state index contributed by atoms with van der Waals surface area (Å²) in [6.07, 6.45) is 1.69. The predicted molar refractivity (Wildman–Crippen MR) is 49.2 cm³/mol.